The molecule has 9 heteroatoms. The number of fused-ring (bicyclic) bond motifs is 1. The van der Waals surface area contributed by atoms with Gasteiger partial charge in [0.15, 0.2) is 11.5 Å². The molecule has 3 heterocycles. The highest BCUT2D eigenvalue weighted by molar-refractivity contribution is 5.79. The molecule has 9 nitrogen and oxygen atoms in total. The molecule has 2 amide bonds. The molecule has 4 rings (SSSR count). The van der Waals surface area contributed by atoms with E-state index in [1.807, 2.05) is 28.0 Å². The maximum atomic E-state index is 13.5. The number of carboxylic acids is 1. The number of carboxylic acid groups (broad SMARTS) is 1. The van der Waals surface area contributed by atoms with E-state index in [2.05, 4.69) is 18.7 Å². The monoisotopic (exact) mass is 529 g/mol. The van der Waals surface area contributed by atoms with Crippen LogP contribution in [0.25, 0.3) is 0 Å². The Morgan fingerprint density at radius 3 is 2.47 bits per heavy atom. The first kappa shape index (κ1) is 28.2. The first-order valence-corrected chi connectivity index (χ1v) is 14.3. The van der Waals surface area contributed by atoms with Crippen molar-refractivity contribution >= 4 is 17.8 Å². The van der Waals surface area contributed by atoms with E-state index in [0.717, 1.165) is 57.3 Å². The number of carbonyl (C=O) groups excluding carboxylic acids is 2. The standard InChI is InChI=1S/C29H43N3O6/c1-3-5-13-31(14-6-4-2)27(34)19-32-18-22(21-11-12-24-25(17-21)38-20-37-24)28(29(35)36)23(32)9-7-15-30-16-8-10-26(30)33/h11-12,17,22-23,28H,3-10,13-16,18-20H2,1-2H3,(H,35,36)/t22-,23+,28?/m1/s1. The number of nitrogens with zero attached hydrogens (tertiary/aromatic N) is 3. The largest absolute Gasteiger partial charge is 0.481 e. The quantitative estimate of drug-likeness (QED) is 0.392. The minimum absolute atomic E-state index is 0.0714. The molecular weight excluding hydrogens is 486 g/mol. The fourth-order valence-electron chi connectivity index (χ4n) is 6.10. The summed E-state index contributed by atoms with van der Waals surface area (Å²) in [6.07, 6.45) is 6.78. The molecular formula is C29H43N3O6. The molecule has 0 radical (unpaired) electrons. The molecule has 1 aromatic rings. The molecule has 2 fully saturated rings. The van der Waals surface area contributed by atoms with Crippen LogP contribution in [0.3, 0.4) is 0 Å². The molecule has 0 spiro atoms. The number of rotatable bonds is 14. The number of aliphatic carboxylic acids is 1. The molecule has 210 valence electrons. The number of amides is 2. The molecule has 3 atom stereocenters. The highest BCUT2D eigenvalue weighted by atomic mass is 16.7. The van der Waals surface area contributed by atoms with Gasteiger partial charge in [0.2, 0.25) is 18.6 Å². The van der Waals surface area contributed by atoms with Crippen LogP contribution < -0.4 is 9.47 Å². The second kappa shape index (κ2) is 13.3. The van der Waals surface area contributed by atoms with Crippen molar-refractivity contribution in [2.75, 3.05) is 46.1 Å². The first-order chi connectivity index (χ1) is 18.4. The third-order valence-corrected chi connectivity index (χ3v) is 8.21. The molecule has 0 bridgehead atoms. The van der Waals surface area contributed by atoms with Crippen LogP contribution in [0.15, 0.2) is 18.2 Å². The average Bonchev–Trinajstić information content (AvgIpc) is 3.62. The maximum Gasteiger partial charge on any atom is 0.308 e. The summed E-state index contributed by atoms with van der Waals surface area (Å²) in [4.78, 5) is 44.2. The summed E-state index contributed by atoms with van der Waals surface area (Å²) < 4.78 is 11.0. The topological polar surface area (TPSA) is 99.6 Å². The third-order valence-electron chi connectivity index (χ3n) is 8.21. The third kappa shape index (κ3) is 6.60. The van der Waals surface area contributed by atoms with E-state index in [4.69, 9.17) is 9.47 Å². The fourth-order valence-corrected chi connectivity index (χ4v) is 6.10. The Labute approximate surface area is 226 Å². The predicted octanol–water partition coefficient (Wildman–Crippen LogP) is 3.72. The second-order valence-corrected chi connectivity index (χ2v) is 10.8. The molecule has 2 saturated heterocycles. The van der Waals surface area contributed by atoms with E-state index in [1.165, 1.54) is 0 Å². The summed E-state index contributed by atoms with van der Waals surface area (Å²) in [5, 5.41) is 10.4. The summed E-state index contributed by atoms with van der Waals surface area (Å²) >= 11 is 0. The Kier molecular flexibility index (Phi) is 9.88. The van der Waals surface area contributed by atoms with Gasteiger partial charge in [0, 0.05) is 51.1 Å². The molecule has 38 heavy (non-hydrogen) atoms. The first-order valence-electron chi connectivity index (χ1n) is 14.3. The number of carbonyl (C=O) groups is 3. The van der Waals surface area contributed by atoms with Gasteiger partial charge in [0.25, 0.3) is 0 Å². The lowest BCUT2D eigenvalue weighted by molar-refractivity contribution is -0.144. The highest BCUT2D eigenvalue weighted by Gasteiger charge is 2.47. The number of likely N-dealkylation sites (tertiary alicyclic amines) is 2. The number of hydrogen-bond donors (Lipinski definition) is 1. The van der Waals surface area contributed by atoms with Crippen LogP contribution in [0.1, 0.15) is 76.7 Å². The smallest absolute Gasteiger partial charge is 0.308 e. The van der Waals surface area contributed by atoms with E-state index >= 15 is 0 Å². The van der Waals surface area contributed by atoms with E-state index in [-0.39, 0.29) is 37.1 Å². The van der Waals surface area contributed by atoms with Gasteiger partial charge >= 0.3 is 5.97 Å². The van der Waals surface area contributed by atoms with Gasteiger partial charge in [0.1, 0.15) is 0 Å². The number of unbranched alkanes of at least 4 members (excludes halogenated alkanes) is 2. The molecule has 3 aliphatic heterocycles. The Morgan fingerprint density at radius 1 is 1.08 bits per heavy atom. The van der Waals surface area contributed by atoms with Crippen LogP contribution >= 0.6 is 0 Å². The number of hydrogen-bond acceptors (Lipinski definition) is 6. The van der Waals surface area contributed by atoms with Gasteiger partial charge in [-0.1, -0.05) is 32.8 Å². The van der Waals surface area contributed by atoms with Gasteiger partial charge in [-0.05, 0) is 49.8 Å². The molecule has 3 aliphatic rings. The summed E-state index contributed by atoms with van der Waals surface area (Å²) in [6, 6.07) is 5.37. The van der Waals surface area contributed by atoms with Crippen molar-refractivity contribution in [1.29, 1.82) is 0 Å². The fraction of sp³-hybridized carbons (Fsp3) is 0.690. The van der Waals surface area contributed by atoms with Gasteiger partial charge in [-0.15, -0.1) is 0 Å². The maximum absolute atomic E-state index is 13.5. The van der Waals surface area contributed by atoms with E-state index in [1.54, 1.807) is 0 Å². The van der Waals surface area contributed by atoms with Crippen molar-refractivity contribution in [3.05, 3.63) is 23.8 Å². The van der Waals surface area contributed by atoms with Crippen molar-refractivity contribution in [1.82, 2.24) is 14.7 Å². The predicted molar refractivity (Wildman–Crippen MR) is 143 cm³/mol. The summed E-state index contributed by atoms with van der Waals surface area (Å²) in [7, 11) is 0. The van der Waals surface area contributed by atoms with Gasteiger partial charge in [0.05, 0.1) is 12.5 Å². The van der Waals surface area contributed by atoms with Crippen LogP contribution in [-0.4, -0.2) is 89.7 Å². The van der Waals surface area contributed by atoms with E-state index in [0.29, 0.717) is 43.9 Å². The molecule has 1 unspecified atom stereocenters. The van der Waals surface area contributed by atoms with E-state index < -0.39 is 11.9 Å². The molecule has 1 aromatic carbocycles. The van der Waals surface area contributed by atoms with Gasteiger partial charge in [-0.3, -0.25) is 19.3 Å². The van der Waals surface area contributed by atoms with Crippen molar-refractivity contribution < 1.29 is 29.0 Å². The lowest BCUT2D eigenvalue weighted by Gasteiger charge is -2.30. The minimum atomic E-state index is -0.848. The van der Waals surface area contributed by atoms with Gasteiger partial charge < -0.3 is 24.4 Å². The Hall–Kier alpha value is -2.81. The van der Waals surface area contributed by atoms with Crippen molar-refractivity contribution in [2.45, 2.75) is 77.2 Å². The zero-order valence-electron chi connectivity index (χ0n) is 22.9. The normalized spacial score (nSPS) is 22.8. The average molecular weight is 530 g/mol. The van der Waals surface area contributed by atoms with Crippen LogP contribution in [0.4, 0.5) is 0 Å². The van der Waals surface area contributed by atoms with Crippen LogP contribution in [0, 0.1) is 5.92 Å². The summed E-state index contributed by atoms with van der Waals surface area (Å²) in [6.45, 7) is 7.99. The lowest BCUT2D eigenvalue weighted by atomic mass is 9.83. The molecule has 0 aliphatic carbocycles. The van der Waals surface area contributed by atoms with Gasteiger partial charge in [-0.2, -0.15) is 0 Å². The Bertz CT molecular complexity index is 977. The zero-order chi connectivity index (χ0) is 27.1. The van der Waals surface area contributed by atoms with Gasteiger partial charge in [-0.25, -0.2) is 0 Å². The van der Waals surface area contributed by atoms with Crippen molar-refractivity contribution in [2.24, 2.45) is 5.92 Å². The minimum Gasteiger partial charge on any atom is -0.481 e. The molecule has 0 saturated carbocycles. The van der Waals surface area contributed by atoms with E-state index in [9.17, 15) is 19.5 Å². The molecule has 0 aromatic heterocycles. The van der Waals surface area contributed by atoms with Crippen LogP contribution in [0.5, 0.6) is 11.5 Å². The summed E-state index contributed by atoms with van der Waals surface area (Å²) in [5.74, 6) is -0.222. The zero-order valence-corrected chi connectivity index (χ0v) is 22.9. The SMILES string of the molecule is CCCCN(CCCC)C(=O)CN1C[C@H](c2ccc3c(c2)OCO3)C(C(=O)O)[C@@H]1CCCN1CCCC1=O. The van der Waals surface area contributed by atoms with Crippen molar-refractivity contribution in [3.63, 3.8) is 0 Å². The highest BCUT2D eigenvalue weighted by Crippen LogP contribution is 2.43. The Morgan fingerprint density at radius 2 is 1.82 bits per heavy atom. The Balaban J connectivity index is 1.54. The number of benzene rings is 1. The second-order valence-electron chi connectivity index (χ2n) is 10.8. The van der Waals surface area contributed by atoms with Crippen molar-refractivity contribution in [3.8, 4) is 11.5 Å². The molecule has 1 N–H and O–H groups in total. The number of ether oxygens (including phenoxy) is 2. The van der Waals surface area contributed by atoms with Crippen LogP contribution in [-0.2, 0) is 14.4 Å². The summed E-state index contributed by atoms with van der Waals surface area (Å²) in [5.41, 5.74) is 0.894. The van der Waals surface area contributed by atoms with Crippen LogP contribution in [0.2, 0.25) is 0 Å². The lowest BCUT2D eigenvalue weighted by Crippen LogP contribution is -2.45.